The Labute approximate surface area is 181 Å². The van der Waals surface area contributed by atoms with Gasteiger partial charge in [-0.2, -0.15) is 0 Å². The summed E-state index contributed by atoms with van der Waals surface area (Å²) in [5, 5.41) is 0. The van der Waals surface area contributed by atoms with Gasteiger partial charge in [0, 0.05) is 6.08 Å². The highest BCUT2D eigenvalue weighted by Gasteiger charge is 2.26. The van der Waals surface area contributed by atoms with Crippen LogP contribution in [0.1, 0.15) is 78.2 Å². The van der Waals surface area contributed by atoms with Gasteiger partial charge in [-0.25, -0.2) is 4.79 Å². The third kappa shape index (κ3) is 11.0. The number of hydrogen-bond donors (Lipinski definition) is 0. The fourth-order valence-corrected chi connectivity index (χ4v) is 2.61. The lowest BCUT2D eigenvalue weighted by molar-refractivity contribution is -0.157. The Morgan fingerprint density at radius 3 is 2.37 bits per heavy atom. The number of unbranched alkanes of at least 4 members (excludes halogenated alkanes) is 5. The van der Waals surface area contributed by atoms with E-state index in [-0.39, 0.29) is 19.2 Å². The van der Waals surface area contributed by atoms with E-state index >= 15 is 0 Å². The van der Waals surface area contributed by atoms with E-state index in [0.717, 1.165) is 17.7 Å². The number of carbonyl (C=O) groups excluding carboxylic acids is 2. The number of esters is 2. The van der Waals surface area contributed by atoms with Crippen LogP contribution in [0.25, 0.3) is 6.08 Å². The molecule has 0 aliphatic heterocycles. The predicted molar refractivity (Wildman–Crippen MR) is 120 cm³/mol. The van der Waals surface area contributed by atoms with Gasteiger partial charge in [0.25, 0.3) is 0 Å². The average molecular weight is 419 g/mol. The molecule has 0 aliphatic rings. The lowest BCUT2D eigenvalue weighted by Gasteiger charge is -2.20. The Morgan fingerprint density at radius 2 is 1.63 bits per heavy atom. The maximum absolute atomic E-state index is 11.8. The molecule has 1 aromatic rings. The summed E-state index contributed by atoms with van der Waals surface area (Å²) in [6.45, 7) is 8.61. The van der Waals surface area contributed by atoms with Gasteiger partial charge in [0.05, 0.1) is 12.0 Å². The van der Waals surface area contributed by atoms with Gasteiger partial charge < -0.3 is 14.2 Å². The minimum atomic E-state index is -0.522. The number of benzene rings is 1. The second-order valence-electron chi connectivity index (χ2n) is 8.06. The van der Waals surface area contributed by atoms with E-state index in [0.29, 0.717) is 13.0 Å². The topological polar surface area (TPSA) is 61.8 Å². The quantitative estimate of drug-likeness (QED) is 0.200. The molecule has 1 aromatic carbocycles. The Morgan fingerprint density at radius 1 is 0.933 bits per heavy atom. The van der Waals surface area contributed by atoms with Gasteiger partial charge in [-0.1, -0.05) is 58.1 Å². The van der Waals surface area contributed by atoms with Crippen molar-refractivity contribution in [2.24, 2.45) is 5.41 Å². The number of hydrogen-bond acceptors (Lipinski definition) is 5. The Bertz CT molecular complexity index is 663. The van der Waals surface area contributed by atoms with Crippen molar-refractivity contribution in [3.8, 4) is 5.75 Å². The molecule has 30 heavy (non-hydrogen) atoms. The summed E-state index contributed by atoms with van der Waals surface area (Å²) in [6, 6.07) is 7.61. The van der Waals surface area contributed by atoms with Crippen molar-refractivity contribution < 1.29 is 23.8 Å². The second-order valence-corrected chi connectivity index (χ2v) is 8.06. The minimum absolute atomic E-state index is 0.0378. The van der Waals surface area contributed by atoms with Crippen molar-refractivity contribution in [2.45, 2.75) is 72.6 Å². The van der Waals surface area contributed by atoms with Crippen molar-refractivity contribution >= 4 is 18.0 Å². The van der Waals surface area contributed by atoms with Crippen LogP contribution in [0.4, 0.5) is 0 Å². The lowest BCUT2D eigenvalue weighted by atomic mass is 9.91. The Balaban J connectivity index is 2.29. The van der Waals surface area contributed by atoms with E-state index in [1.165, 1.54) is 38.2 Å². The van der Waals surface area contributed by atoms with Crippen molar-refractivity contribution in [3.05, 3.63) is 35.9 Å². The summed E-state index contributed by atoms with van der Waals surface area (Å²) in [4.78, 5) is 23.7. The molecule has 0 aromatic heterocycles. The summed E-state index contributed by atoms with van der Waals surface area (Å²) in [5.74, 6) is 0.0399. The largest absolute Gasteiger partial charge is 0.494 e. The number of rotatable bonds is 15. The number of carbonyl (C=O) groups is 2. The van der Waals surface area contributed by atoms with Crippen LogP contribution in [0.3, 0.4) is 0 Å². The van der Waals surface area contributed by atoms with E-state index in [1.54, 1.807) is 6.08 Å². The molecular weight excluding hydrogens is 380 g/mol. The van der Waals surface area contributed by atoms with Gasteiger partial charge in [-0.3, -0.25) is 4.79 Å². The number of ether oxygens (including phenoxy) is 3. The van der Waals surface area contributed by atoms with E-state index < -0.39 is 11.4 Å². The van der Waals surface area contributed by atoms with E-state index in [9.17, 15) is 9.59 Å². The molecule has 0 N–H and O–H groups in total. The van der Waals surface area contributed by atoms with Crippen molar-refractivity contribution in [3.63, 3.8) is 0 Å². The highest BCUT2D eigenvalue weighted by Crippen LogP contribution is 2.21. The summed E-state index contributed by atoms with van der Waals surface area (Å²) in [6.07, 6.45) is 11.1. The molecule has 0 spiro atoms. The third-order valence-electron chi connectivity index (χ3n) is 5.03. The highest BCUT2D eigenvalue weighted by molar-refractivity contribution is 5.87. The molecule has 0 saturated heterocycles. The summed E-state index contributed by atoms with van der Waals surface area (Å²) >= 11 is 0. The SMILES string of the molecule is CCCCCCCCOc1cccc(/C=C/C(=O)OCCOC(=O)C(C)(C)CC)c1. The van der Waals surface area contributed by atoms with Crippen LogP contribution in [0.2, 0.25) is 0 Å². The van der Waals surface area contributed by atoms with Gasteiger partial charge in [0.2, 0.25) is 0 Å². The Hall–Kier alpha value is -2.30. The van der Waals surface area contributed by atoms with E-state index in [1.807, 2.05) is 45.0 Å². The van der Waals surface area contributed by atoms with Gasteiger partial charge in [0.1, 0.15) is 19.0 Å². The van der Waals surface area contributed by atoms with E-state index in [2.05, 4.69) is 6.92 Å². The van der Waals surface area contributed by atoms with Crippen LogP contribution in [-0.2, 0) is 19.1 Å². The van der Waals surface area contributed by atoms with Crippen molar-refractivity contribution in [2.75, 3.05) is 19.8 Å². The molecule has 0 bridgehead atoms. The second kappa shape index (κ2) is 14.6. The molecule has 168 valence electrons. The van der Waals surface area contributed by atoms with Crippen LogP contribution >= 0.6 is 0 Å². The molecule has 0 aliphatic carbocycles. The zero-order valence-electron chi connectivity index (χ0n) is 19.1. The van der Waals surface area contributed by atoms with Crippen LogP contribution < -0.4 is 4.74 Å². The summed E-state index contributed by atoms with van der Waals surface area (Å²) in [5.41, 5.74) is 0.343. The molecule has 5 heteroatoms. The minimum Gasteiger partial charge on any atom is -0.494 e. The molecule has 0 radical (unpaired) electrons. The summed E-state index contributed by atoms with van der Waals surface area (Å²) < 4.78 is 16.0. The molecule has 0 saturated carbocycles. The zero-order valence-corrected chi connectivity index (χ0v) is 19.1. The third-order valence-corrected chi connectivity index (χ3v) is 5.03. The maximum atomic E-state index is 11.8. The first-order chi connectivity index (χ1) is 14.4. The molecule has 0 unspecified atom stereocenters. The monoisotopic (exact) mass is 418 g/mol. The van der Waals surface area contributed by atoms with Gasteiger partial charge in [-0.05, 0) is 50.5 Å². The molecule has 0 heterocycles. The van der Waals surface area contributed by atoms with Gasteiger partial charge >= 0.3 is 11.9 Å². The molecule has 5 nitrogen and oxygen atoms in total. The standard InChI is InChI=1S/C25H38O5/c1-5-7-8-9-10-11-17-28-22-14-12-13-21(20-22)15-16-23(26)29-18-19-30-24(27)25(3,4)6-2/h12-16,20H,5-11,17-19H2,1-4H3/b16-15+. The Kier molecular flexibility index (Phi) is 12.6. The smallest absolute Gasteiger partial charge is 0.330 e. The summed E-state index contributed by atoms with van der Waals surface area (Å²) in [7, 11) is 0. The average Bonchev–Trinajstić information content (AvgIpc) is 2.74. The maximum Gasteiger partial charge on any atom is 0.330 e. The first-order valence-electron chi connectivity index (χ1n) is 11.1. The van der Waals surface area contributed by atoms with E-state index in [4.69, 9.17) is 14.2 Å². The normalized spacial score (nSPS) is 11.5. The zero-order chi connectivity index (χ0) is 22.2. The van der Waals surface area contributed by atoms with Crippen LogP contribution in [0.15, 0.2) is 30.3 Å². The molecule has 1 rings (SSSR count). The van der Waals surface area contributed by atoms with Crippen molar-refractivity contribution in [1.82, 2.24) is 0 Å². The fourth-order valence-electron chi connectivity index (χ4n) is 2.61. The van der Waals surface area contributed by atoms with Gasteiger partial charge in [-0.15, -0.1) is 0 Å². The van der Waals surface area contributed by atoms with Gasteiger partial charge in [0.15, 0.2) is 0 Å². The van der Waals surface area contributed by atoms with Crippen LogP contribution in [0.5, 0.6) is 5.75 Å². The van der Waals surface area contributed by atoms with Crippen LogP contribution in [-0.4, -0.2) is 31.8 Å². The first kappa shape index (κ1) is 25.7. The molecule has 0 atom stereocenters. The predicted octanol–water partition coefficient (Wildman–Crippen LogP) is 5.96. The molecular formula is C25H38O5. The molecule has 0 fully saturated rings. The highest BCUT2D eigenvalue weighted by atomic mass is 16.6. The lowest BCUT2D eigenvalue weighted by Crippen LogP contribution is -2.27. The van der Waals surface area contributed by atoms with Crippen LogP contribution in [0, 0.1) is 5.41 Å². The first-order valence-corrected chi connectivity index (χ1v) is 11.1. The van der Waals surface area contributed by atoms with Crippen molar-refractivity contribution in [1.29, 1.82) is 0 Å². The fraction of sp³-hybridized carbons (Fsp3) is 0.600. The molecule has 0 amide bonds.